The number of benzene rings is 1. The van der Waals surface area contributed by atoms with Gasteiger partial charge in [0.15, 0.2) is 0 Å². The summed E-state index contributed by atoms with van der Waals surface area (Å²) in [5, 5.41) is 12.8. The van der Waals surface area contributed by atoms with Crippen LogP contribution in [-0.2, 0) is 16.0 Å². The first-order valence-corrected chi connectivity index (χ1v) is 6.83. The fourth-order valence-corrected chi connectivity index (χ4v) is 1.89. The van der Waals surface area contributed by atoms with Gasteiger partial charge in [-0.3, -0.25) is 4.79 Å². The number of rotatable bonds is 9. The monoisotopic (exact) mass is 281 g/mol. The third-order valence-corrected chi connectivity index (χ3v) is 2.85. The van der Waals surface area contributed by atoms with Crippen LogP contribution in [0.15, 0.2) is 24.3 Å². The van der Waals surface area contributed by atoms with Gasteiger partial charge in [0.25, 0.3) is 0 Å². The molecule has 1 unspecified atom stereocenters. The number of esters is 1. The molecule has 0 amide bonds. The Morgan fingerprint density at radius 2 is 2.15 bits per heavy atom. The normalized spacial score (nSPS) is 11.9. The van der Waals surface area contributed by atoms with Crippen LogP contribution in [0.1, 0.15) is 18.9 Å². The smallest absolute Gasteiger partial charge is 0.308 e. The number of hydrogen-bond acceptors (Lipinski definition) is 5. The lowest BCUT2D eigenvalue weighted by molar-refractivity contribution is -0.145. The zero-order valence-electron chi connectivity index (χ0n) is 12.1. The van der Waals surface area contributed by atoms with Gasteiger partial charge in [0.05, 0.1) is 26.2 Å². The van der Waals surface area contributed by atoms with Gasteiger partial charge >= 0.3 is 5.97 Å². The fraction of sp³-hybridized carbons (Fsp3) is 0.533. The van der Waals surface area contributed by atoms with Gasteiger partial charge in [0.1, 0.15) is 5.75 Å². The summed E-state index contributed by atoms with van der Waals surface area (Å²) in [4.78, 5) is 11.2. The average molecular weight is 281 g/mol. The van der Waals surface area contributed by atoms with Crippen LogP contribution in [0.2, 0.25) is 0 Å². The van der Waals surface area contributed by atoms with Gasteiger partial charge in [-0.2, -0.15) is 0 Å². The van der Waals surface area contributed by atoms with Crippen LogP contribution in [0.5, 0.6) is 5.75 Å². The second kappa shape index (κ2) is 9.34. The highest BCUT2D eigenvalue weighted by atomic mass is 16.5. The minimum absolute atomic E-state index is 0.0233. The number of nitrogens with one attached hydrogen (secondary N) is 1. The molecule has 112 valence electrons. The van der Waals surface area contributed by atoms with E-state index in [0.717, 1.165) is 17.7 Å². The lowest BCUT2D eigenvalue weighted by Crippen LogP contribution is -2.30. The molecule has 0 aliphatic heterocycles. The molecule has 0 heterocycles. The van der Waals surface area contributed by atoms with Crippen molar-refractivity contribution in [2.24, 2.45) is 0 Å². The molecule has 5 nitrogen and oxygen atoms in total. The molecule has 1 aromatic carbocycles. The maximum atomic E-state index is 11.2. The summed E-state index contributed by atoms with van der Waals surface area (Å²) in [6.45, 7) is 3.16. The van der Waals surface area contributed by atoms with Crippen molar-refractivity contribution in [3.8, 4) is 5.75 Å². The molecule has 20 heavy (non-hydrogen) atoms. The Labute approximate surface area is 119 Å². The Balaban J connectivity index is 2.23. The summed E-state index contributed by atoms with van der Waals surface area (Å²) < 4.78 is 10.0. The van der Waals surface area contributed by atoms with Gasteiger partial charge in [-0.1, -0.05) is 18.2 Å². The maximum absolute atomic E-state index is 11.2. The van der Waals surface area contributed by atoms with Gasteiger partial charge < -0.3 is 19.9 Å². The highest BCUT2D eigenvalue weighted by molar-refractivity contribution is 5.69. The molecule has 0 fully saturated rings. The zero-order valence-corrected chi connectivity index (χ0v) is 12.1. The Bertz CT molecular complexity index is 409. The van der Waals surface area contributed by atoms with Gasteiger partial charge in [-0.05, 0) is 31.5 Å². The number of methoxy groups -OCH3 is 1. The highest BCUT2D eigenvalue weighted by Crippen LogP contribution is 2.17. The topological polar surface area (TPSA) is 67.8 Å². The molecule has 1 atom stereocenters. The summed E-state index contributed by atoms with van der Waals surface area (Å²) in [6, 6.07) is 7.83. The van der Waals surface area contributed by atoms with Crippen LogP contribution in [0.25, 0.3) is 0 Å². The van der Waals surface area contributed by atoms with Crippen LogP contribution in [0.4, 0.5) is 0 Å². The molecule has 0 aliphatic rings. The molecular formula is C15H23NO4. The lowest BCUT2D eigenvalue weighted by Gasteiger charge is -2.12. The quantitative estimate of drug-likeness (QED) is 0.525. The van der Waals surface area contributed by atoms with E-state index in [1.165, 1.54) is 0 Å². The van der Waals surface area contributed by atoms with E-state index in [-0.39, 0.29) is 12.4 Å². The van der Waals surface area contributed by atoms with Crippen molar-refractivity contribution in [3.63, 3.8) is 0 Å². The largest absolute Gasteiger partial charge is 0.496 e. The van der Waals surface area contributed by atoms with Crippen molar-refractivity contribution in [2.75, 3.05) is 26.8 Å². The van der Waals surface area contributed by atoms with E-state index < -0.39 is 6.10 Å². The van der Waals surface area contributed by atoms with Crippen molar-refractivity contribution in [3.05, 3.63) is 29.8 Å². The molecular weight excluding hydrogens is 258 g/mol. The minimum Gasteiger partial charge on any atom is -0.496 e. The molecule has 0 bridgehead atoms. The van der Waals surface area contributed by atoms with E-state index in [0.29, 0.717) is 19.7 Å². The van der Waals surface area contributed by atoms with E-state index in [2.05, 4.69) is 5.32 Å². The molecule has 0 saturated carbocycles. The van der Waals surface area contributed by atoms with Crippen LogP contribution >= 0.6 is 0 Å². The number of ether oxygens (including phenoxy) is 2. The van der Waals surface area contributed by atoms with Crippen LogP contribution in [0, 0.1) is 0 Å². The Morgan fingerprint density at radius 3 is 2.85 bits per heavy atom. The maximum Gasteiger partial charge on any atom is 0.308 e. The van der Waals surface area contributed by atoms with Gasteiger partial charge in [0, 0.05) is 6.54 Å². The first kappa shape index (κ1) is 16.5. The predicted octanol–water partition coefficient (Wildman–Crippen LogP) is 1.14. The van der Waals surface area contributed by atoms with Gasteiger partial charge in [0.2, 0.25) is 0 Å². The van der Waals surface area contributed by atoms with Crippen LogP contribution in [0.3, 0.4) is 0 Å². The van der Waals surface area contributed by atoms with E-state index in [1.807, 2.05) is 24.3 Å². The summed E-state index contributed by atoms with van der Waals surface area (Å²) in [5.74, 6) is 0.493. The van der Waals surface area contributed by atoms with E-state index in [1.54, 1.807) is 14.0 Å². The number of carbonyl (C=O) groups excluding carboxylic acids is 1. The third-order valence-electron chi connectivity index (χ3n) is 2.85. The third kappa shape index (κ3) is 6.04. The summed E-state index contributed by atoms with van der Waals surface area (Å²) in [7, 11) is 1.65. The predicted molar refractivity (Wildman–Crippen MR) is 76.8 cm³/mol. The Hall–Kier alpha value is -1.59. The summed E-state index contributed by atoms with van der Waals surface area (Å²) in [5.41, 5.74) is 1.11. The fourth-order valence-electron chi connectivity index (χ4n) is 1.89. The second-order valence-corrected chi connectivity index (χ2v) is 4.43. The molecule has 0 aliphatic carbocycles. The van der Waals surface area contributed by atoms with Crippen molar-refractivity contribution in [2.45, 2.75) is 25.9 Å². The minimum atomic E-state index is -0.716. The molecule has 0 radical (unpaired) electrons. The average Bonchev–Trinajstić information content (AvgIpc) is 2.44. The standard InChI is InChI=1S/C15H23NO4/c1-3-20-15(18)10-13(17)11-16-9-8-12-6-4-5-7-14(12)19-2/h4-7,13,16-17H,3,8-11H2,1-2H3. The number of aliphatic hydroxyl groups is 1. The van der Waals surface area contributed by atoms with E-state index in [9.17, 15) is 9.90 Å². The first-order valence-electron chi connectivity index (χ1n) is 6.83. The number of para-hydroxylation sites is 1. The first-order chi connectivity index (χ1) is 9.67. The van der Waals surface area contributed by atoms with E-state index >= 15 is 0 Å². The lowest BCUT2D eigenvalue weighted by atomic mass is 10.1. The van der Waals surface area contributed by atoms with Crippen molar-refractivity contribution in [1.82, 2.24) is 5.32 Å². The molecule has 2 N–H and O–H groups in total. The van der Waals surface area contributed by atoms with Gasteiger partial charge in [-0.25, -0.2) is 0 Å². The SMILES string of the molecule is CCOC(=O)CC(O)CNCCc1ccccc1OC. The summed E-state index contributed by atoms with van der Waals surface area (Å²) >= 11 is 0. The van der Waals surface area contributed by atoms with Gasteiger partial charge in [-0.15, -0.1) is 0 Å². The van der Waals surface area contributed by atoms with Crippen molar-refractivity contribution >= 4 is 5.97 Å². The number of carbonyl (C=O) groups is 1. The summed E-state index contributed by atoms with van der Waals surface area (Å²) in [6.07, 6.45) is 0.109. The molecule has 0 aromatic heterocycles. The number of hydrogen-bond donors (Lipinski definition) is 2. The van der Waals surface area contributed by atoms with Crippen molar-refractivity contribution in [1.29, 1.82) is 0 Å². The molecule has 1 rings (SSSR count). The van der Waals surface area contributed by atoms with Crippen LogP contribution in [-0.4, -0.2) is 44.0 Å². The highest BCUT2D eigenvalue weighted by Gasteiger charge is 2.11. The van der Waals surface area contributed by atoms with Crippen molar-refractivity contribution < 1.29 is 19.4 Å². The molecule has 5 heteroatoms. The second-order valence-electron chi connectivity index (χ2n) is 4.43. The molecule has 0 saturated heterocycles. The Morgan fingerprint density at radius 1 is 1.40 bits per heavy atom. The van der Waals surface area contributed by atoms with Crippen LogP contribution < -0.4 is 10.1 Å². The van der Waals surface area contributed by atoms with E-state index in [4.69, 9.17) is 9.47 Å². The number of aliphatic hydroxyl groups excluding tert-OH is 1. The molecule has 1 aromatic rings. The zero-order chi connectivity index (χ0) is 14.8. The molecule has 0 spiro atoms. The Kier molecular flexibility index (Phi) is 7.69.